The van der Waals surface area contributed by atoms with Gasteiger partial charge in [0.25, 0.3) is 17.4 Å². The highest BCUT2D eigenvalue weighted by molar-refractivity contribution is 6.19. The highest BCUT2D eigenvalue weighted by atomic mass is 16.5. The first kappa shape index (κ1) is 18.5. The molecule has 1 unspecified atom stereocenters. The molecular weight excluding hydrogens is 350 g/mol. The number of pyridine rings is 1. The molecule has 2 amide bonds. The van der Waals surface area contributed by atoms with E-state index in [9.17, 15) is 9.59 Å². The van der Waals surface area contributed by atoms with Crippen molar-refractivity contribution in [3.05, 3.63) is 36.5 Å². The average molecular weight is 371 g/mol. The number of nitrogens with one attached hydrogen (secondary N) is 1. The van der Waals surface area contributed by atoms with Crippen molar-refractivity contribution in [2.75, 3.05) is 31.0 Å². The predicted molar refractivity (Wildman–Crippen MR) is 99.5 cm³/mol. The number of aromatic nitrogens is 1. The zero-order valence-electron chi connectivity index (χ0n) is 15.6. The minimum absolute atomic E-state index is 0.367. The molecule has 8 nitrogen and oxygen atoms in total. The summed E-state index contributed by atoms with van der Waals surface area (Å²) in [7, 11) is 3.03. The molecule has 0 fully saturated rings. The molecule has 0 spiro atoms. The fourth-order valence-corrected chi connectivity index (χ4v) is 2.88. The fraction of sp³-hybridized carbons (Fsp3) is 0.316. The lowest BCUT2D eigenvalue weighted by Crippen LogP contribution is -2.60. The van der Waals surface area contributed by atoms with Gasteiger partial charge in [0.05, 0.1) is 14.2 Å². The molecule has 1 aliphatic rings. The van der Waals surface area contributed by atoms with Gasteiger partial charge in [-0.25, -0.2) is 4.98 Å². The van der Waals surface area contributed by atoms with Gasteiger partial charge in [0.2, 0.25) is 0 Å². The maximum absolute atomic E-state index is 13.0. The van der Waals surface area contributed by atoms with Crippen LogP contribution in [-0.2, 0) is 9.59 Å². The maximum atomic E-state index is 13.0. The standard InChI is InChI=1S/C19H21N3O5/c1-5-22-16-14(7-6-10-20-16)27-19(2,18(22)24)17(23)21-12-8-9-13(25-3)15(11-12)26-4/h6-11H,5H2,1-4H3,(H,21,23). The number of hydrogen-bond acceptors (Lipinski definition) is 6. The maximum Gasteiger partial charge on any atom is 0.282 e. The summed E-state index contributed by atoms with van der Waals surface area (Å²) in [5.74, 6) is 0.706. The third-order valence-electron chi connectivity index (χ3n) is 4.36. The van der Waals surface area contributed by atoms with Crippen LogP contribution in [0.1, 0.15) is 13.8 Å². The minimum Gasteiger partial charge on any atom is -0.493 e. The van der Waals surface area contributed by atoms with E-state index in [1.54, 1.807) is 36.5 Å². The third kappa shape index (κ3) is 3.14. The highest BCUT2D eigenvalue weighted by Gasteiger charge is 2.50. The Hall–Kier alpha value is -3.29. The van der Waals surface area contributed by atoms with Crippen molar-refractivity contribution in [3.63, 3.8) is 0 Å². The molecule has 0 bridgehead atoms. The van der Waals surface area contributed by atoms with Gasteiger partial charge in [-0.15, -0.1) is 0 Å². The summed E-state index contributed by atoms with van der Waals surface area (Å²) in [6, 6.07) is 8.30. The molecule has 1 aromatic heterocycles. The van der Waals surface area contributed by atoms with Gasteiger partial charge in [-0.3, -0.25) is 14.5 Å². The van der Waals surface area contributed by atoms with Crippen LogP contribution in [0.5, 0.6) is 17.2 Å². The monoisotopic (exact) mass is 371 g/mol. The zero-order chi connectivity index (χ0) is 19.6. The van der Waals surface area contributed by atoms with Gasteiger partial charge in [0, 0.05) is 24.5 Å². The molecule has 3 rings (SSSR count). The Morgan fingerprint density at radius 2 is 2.00 bits per heavy atom. The molecule has 2 aromatic rings. The van der Waals surface area contributed by atoms with Gasteiger partial charge in [0.1, 0.15) is 0 Å². The largest absolute Gasteiger partial charge is 0.493 e. The van der Waals surface area contributed by atoms with Crippen LogP contribution in [0.15, 0.2) is 36.5 Å². The van der Waals surface area contributed by atoms with Crippen LogP contribution in [0.4, 0.5) is 11.5 Å². The Morgan fingerprint density at radius 1 is 1.26 bits per heavy atom. The number of fused-ring (bicyclic) bond motifs is 1. The summed E-state index contributed by atoms with van der Waals surface area (Å²) in [5, 5.41) is 2.72. The number of hydrogen-bond donors (Lipinski definition) is 1. The van der Waals surface area contributed by atoms with Crippen molar-refractivity contribution in [2.24, 2.45) is 0 Å². The van der Waals surface area contributed by atoms with E-state index in [2.05, 4.69) is 10.3 Å². The van der Waals surface area contributed by atoms with Gasteiger partial charge in [-0.2, -0.15) is 0 Å². The molecule has 0 saturated carbocycles. The van der Waals surface area contributed by atoms with E-state index < -0.39 is 17.4 Å². The summed E-state index contributed by atoms with van der Waals surface area (Å²) in [5.41, 5.74) is -1.27. The lowest BCUT2D eigenvalue weighted by molar-refractivity contribution is -0.145. The Kier molecular flexibility index (Phi) is 4.89. The summed E-state index contributed by atoms with van der Waals surface area (Å²) in [6.07, 6.45) is 1.57. The Labute approximate surface area is 157 Å². The molecule has 1 aromatic carbocycles. The Balaban J connectivity index is 1.91. The first-order chi connectivity index (χ1) is 12.9. The molecule has 142 valence electrons. The molecule has 8 heteroatoms. The van der Waals surface area contributed by atoms with E-state index in [0.717, 1.165) is 0 Å². The number of nitrogens with zero attached hydrogens (tertiary/aromatic N) is 2. The summed E-state index contributed by atoms with van der Waals surface area (Å²) < 4.78 is 16.2. The van der Waals surface area contributed by atoms with Crippen LogP contribution in [0.3, 0.4) is 0 Å². The predicted octanol–water partition coefficient (Wildman–Crippen LogP) is 2.24. The third-order valence-corrected chi connectivity index (χ3v) is 4.36. The molecule has 0 radical (unpaired) electrons. The topological polar surface area (TPSA) is 90.0 Å². The normalized spacial score (nSPS) is 18.4. The average Bonchev–Trinajstić information content (AvgIpc) is 2.68. The van der Waals surface area contributed by atoms with Crippen molar-refractivity contribution < 1.29 is 23.8 Å². The summed E-state index contributed by atoms with van der Waals surface area (Å²) >= 11 is 0. The van der Waals surface area contributed by atoms with Crippen molar-refractivity contribution in [2.45, 2.75) is 19.4 Å². The number of benzene rings is 1. The number of likely N-dealkylation sites (N-methyl/N-ethyl adjacent to an activating group) is 1. The van der Waals surface area contributed by atoms with E-state index in [-0.39, 0.29) is 0 Å². The first-order valence-electron chi connectivity index (χ1n) is 8.44. The molecular formula is C19H21N3O5. The Bertz CT molecular complexity index is 885. The van der Waals surface area contributed by atoms with E-state index in [1.807, 2.05) is 6.92 Å². The quantitative estimate of drug-likeness (QED) is 0.811. The van der Waals surface area contributed by atoms with Crippen LogP contribution >= 0.6 is 0 Å². The molecule has 0 aliphatic carbocycles. The minimum atomic E-state index is -1.72. The zero-order valence-corrected chi connectivity index (χ0v) is 15.6. The van der Waals surface area contributed by atoms with Crippen molar-refractivity contribution in [1.82, 2.24) is 4.98 Å². The Morgan fingerprint density at radius 3 is 2.67 bits per heavy atom. The highest BCUT2D eigenvalue weighted by Crippen LogP contribution is 2.37. The van der Waals surface area contributed by atoms with Crippen molar-refractivity contribution in [1.29, 1.82) is 0 Å². The molecule has 1 atom stereocenters. The van der Waals surface area contributed by atoms with E-state index in [4.69, 9.17) is 14.2 Å². The number of anilines is 2. The number of carbonyl (C=O) groups is 2. The molecule has 2 heterocycles. The van der Waals surface area contributed by atoms with Crippen LogP contribution in [0.25, 0.3) is 0 Å². The van der Waals surface area contributed by atoms with Crippen molar-refractivity contribution in [3.8, 4) is 17.2 Å². The molecule has 1 aliphatic heterocycles. The van der Waals surface area contributed by atoms with E-state index in [1.165, 1.54) is 26.0 Å². The van der Waals surface area contributed by atoms with E-state index >= 15 is 0 Å². The van der Waals surface area contributed by atoms with Gasteiger partial charge in [0.15, 0.2) is 23.1 Å². The molecule has 27 heavy (non-hydrogen) atoms. The second-order valence-electron chi connectivity index (χ2n) is 6.03. The smallest absolute Gasteiger partial charge is 0.282 e. The first-order valence-corrected chi connectivity index (χ1v) is 8.44. The van der Waals surface area contributed by atoms with Crippen LogP contribution in [-0.4, -0.2) is 43.2 Å². The number of carbonyl (C=O) groups excluding carboxylic acids is 2. The van der Waals surface area contributed by atoms with E-state index in [0.29, 0.717) is 35.3 Å². The lowest BCUT2D eigenvalue weighted by Gasteiger charge is -2.38. The fourth-order valence-electron chi connectivity index (χ4n) is 2.88. The van der Waals surface area contributed by atoms with Crippen LogP contribution in [0, 0.1) is 0 Å². The summed E-state index contributed by atoms with van der Waals surface area (Å²) in [6.45, 7) is 3.63. The second kappa shape index (κ2) is 7.14. The SMILES string of the molecule is CCN1C(=O)C(C)(C(=O)Nc2ccc(OC)c(OC)c2)Oc2cccnc21. The number of rotatable bonds is 5. The van der Waals surface area contributed by atoms with Gasteiger partial charge in [-0.1, -0.05) is 0 Å². The second-order valence-corrected chi connectivity index (χ2v) is 6.03. The van der Waals surface area contributed by atoms with Gasteiger partial charge in [-0.05, 0) is 38.1 Å². The molecule has 1 N–H and O–H groups in total. The van der Waals surface area contributed by atoms with Crippen molar-refractivity contribution >= 4 is 23.3 Å². The summed E-state index contributed by atoms with van der Waals surface area (Å²) in [4.78, 5) is 31.5. The number of methoxy groups -OCH3 is 2. The lowest BCUT2D eigenvalue weighted by atomic mass is 10.0. The molecule has 0 saturated heterocycles. The van der Waals surface area contributed by atoms with Gasteiger partial charge >= 0.3 is 0 Å². The number of ether oxygens (including phenoxy) is 3. The number of amides is 2. The van der Waals surface area contributed by atoms with Crippen LogP contribution < -0.4 is 24.4 Å². The van der Waals surface area contributed by atoms with Gasteiger partial charge < -0.3 is 19.5 Å². The van der Waals surface area contributed by atoms with Crippen LogP contribution in [0.2, 0.25) is 0 Å².